The summed E-state index contributed by atoms with van der Waals surface area (Å²) in [6.45, 7) is 5.70. The summed E-state index contributed by atoms with van der Waals surface area (Å²) in [6.07, 6.45) is 0. The van der Waals surface area contributed by atoms with Crippen LogP contribution in [0.5, 0.6) is 0 Å². The van der Waals surface area contributed by atoms with Gasteiger partial charge in [-0.05, 0) is 18.9 Å². The van der Waals surface area contributed by atoms with E-state index in [9.17, 15) is 4.79 Å². The average Bonchev–Trinajstić information content (AvgIpc) is 2.29. The van der Waals surface area contributed by atoms with Crippen LogP contribution < -0.4 is 0 Å². The lowest BCUT2D eigenvalue weighted by atomic mass is 9.93. The van der Waals surface area contributed by atoms with Crippen LogP contribution in [0.25, 0.3) is 0 Å². The number of rotatable bonds is 3. The molecule has 0 saturated carbocycles. The van der Waals surface area contributed by atoms with Crippen LogP contribution in [-0.4, -0.2) is 20.9 Å². The van der Waals surface area contributed by atoms with Crippen LogP contribution in [0.4, 0.5) is 0 Å². The number of carboxylic acids is 1. The second-order valence-corrected chi connectivity index (χ2v) is 3.89. The molecular weight excluding hydrogens is 180 g/mol. The molecule has 78 valence electrons. The molecule has 1 heterocycles. The largest absolute Gasteiger partial charge is 0.481 e. The predicted molar refractivity (Wildman–Crippen MR) is 53.2 cm³/mol. The number of aromatic nitrogens is 2. The third-order valence-electron chi connectivity index (χ3n) is 2.38. The van der Waals surface area contributed by atoms with Gasteiger partial charge in [0.1, 0.15) is 5.92 Å². The predicted octanol–water partition coefficient (Wildman–Crippen LogP) is 1.55. The van der Waals surface area contributed by atoms with Crippen molar-refractivity contribution in [2.75, 3.05) is 0 Å². The van der Waals surface area contributed by atoms with Gasteiger partial charge in [0.25, 0.3) is 0 Å². The Hall–Kier alpha value is -1.32. The number of hydrogen-bond acceptors (Lipinski definition) is 2. The van der Waals surface area contributed by atoms with Crippen LogP contribution in [-0.2, 0) is 11.8 Å². The molecule has 0 aromatic carbocycles. The highest BCUT2D eigenvalue weighted by atomic mass is 16.4. The number of aliphatic carboxylic acids is 1. The van der Waals surface area contributed by atoms with Gasteiger partial charge in [0.2, 0.25) is 0 Å². The van der Waals surface area contributed by atoms with Crippen LogP contribution in [0.1, 0.15) is 31.2 Å². The molecule has 0 aliphatic rings. The van der Waals surface area contributed by atoms with Gasteiger partial charge >= 0.3 is 5.97 Å². The Bertz CT molecular complexity index is 322. The normalized spacial score (nSPS) is 13.2. The second-order valence-electron chi connectivity index (χ2n) is 3.89. The quantitative estimate of drug-likeness (QED) is 0.798. The minimum absolute atomic E-state index is 0.0572. The Morgan fingerprint density at radius 3 is 2.43 bits per heavy atom. The zero-order valence-corrected chi connectivity index (χ0v) is 8.98. The first-order chi connectivity index (χ1) is 6.43. The maximum atomic E-state index is 11.0. The molecule has 4 heteroatoms. The Morgan fingerprint density at radius 1 is 1.57 bits per heavy atom. The van der Waals surface area contributed by atoms with Crippen molar-refractivity contribution in [2.24, 2.45) is 13.0 Å². The molecule has 0 bridgehead atoms. The fraction of sp³-hybridized carbons (Fsp3) is 0.600. The molecule has 0 fully saturated rings. The Kier molecular flexibility index (Phi) is 2.93. The smallest absolute Gasteiger partial charge is 0.312 e. The SMILES string of the molecule is Cc1cc(C(C(=O)O)C(C)C)nn1C. The first kappa shape index (κ1) is 10.8. The van der Waals surface area contributed by atoms with Gasteiger partial charge in [0.15, 0.2) is 0 Å². The third-order valence-corrected chi connectivity index (χ3v) is 2.38. The van der Waals surface area contributed by atoms with Crippen LogP contribution in [0.15, 0.2) is 6.07 Å². The van der Waals surface area contributed by atoms with Gasteiger partial charge in [-0.2, -0.15) is 5.10 Å². The zero-order chi connectivity index (χ0) is 10.9. The van der Waals surface area contributed by atoms with Crippen LogP contribution in [0.2, 0.25) is 0 Å². The van der Waals surface area contributed by atoms with Crippen molar-refractivity contribution in [3.63, 3.8) is 0 Å². The Balaban J connectivity index is 3.05. The van der Waals surface area contributed by atoms with Gasteiger partial charge in [-0.3, -0.25) is 9.48 Å². The second kappa shape index (κ2) is 3.82. The Morgan fingerprint density at radius 2 is 2.14 bits per heavy atom. The van der Waals surface area contributed by atoms with Gasteiger partial charge in [-0.1, -0.05) is 13.8 Å². The van der Waals surface area contributed by atoms with Gasteiger partial charge in [0, 0.05) is 12.7 Å². The van der Waals surface area contributed by atoms with Crippen LogP contribution in [0, 0.1) is 12.8 Å². The van der Waals surface area contributed by atoms with Gasteiger partial charge in [-0.15, -0.1) is 0 Å². The first-order valence-electron chi connectivity index (χ1n) is 4.66. The topological polar surface area (TPSA) is 55.1 Å². The molecule has 1 unspecified atom stereocenters. The number of carbonyl (C=O) groups is 1. The number of carboxylic acid groups (broad SMARTS) is 1. The molecule has 0 radical (unpaired) electrons. The van der Waals surface area contributed by atoms with E-state index >= 15 is 0 Å². The van der Waals surface area contributed by atoms with Crippen molar-refractivity contribution in [1.29, 1.82) is 0 Å². The van der Waals surface area contributed by atoms with E-state index in [-0.39, 0.29) is 5.92 Å². The van der Waals surface area contributed by atoms with Crippen molar-refractivity contribution < 1.29 is 9.90 Å². The minimum Gasteiger partial charge on any atom is -0.481 e. The Labute approximate surface area is 83.5 Å². The van der Waals surface area contributed by atoms with Crippen LogP contribution >= 0.6 is 0 Å². The molecule has 1 N–H and O–H groups in total. The molecule has 4 nitrogen and oxygen atoms in total. The van der Waals surface area contributed by atoms with Crippen molar-refractivity contribution in [3.05, 3.63) is 17.5 Å². The van der Waals surface area contributed by atoms with Crippen molar-refractivity contribution >= 4 is 5.97 Å². The molecule has 0 aliphatic carbocycles. The van der Waals surface area contributed by atoms with Crippen molar-refractivity contribution in [3.8, 4) is 0 Å². The van der Waals surface area contributed by atoms with Gasteiger partial charge < -0.3 is 5.11 Å². The highest BCUT2D eigenvalue weighted by Crippen LogP contribution is 2.23. The lowest BCUT2D eigenvalue weighted by Gasteiger charge is -2.12. The average molecular weight is 196 g/mol. The fourth-order valence-corrected chi connectivity index (χ4v) is 1.49. The summed E-state index contributed by atoms with van der Waals surface area (Å²) in [4.78, 5) is 11.0. The molecule has 1 aromatic heterocycles. The van der Waals surface area contributed by atoms with Gasteiger partial charge in [-0.25, -0.2) is 0 Å². The molecule has 0 aliphatic heterocycles. The number of nitrogens with zero attached hydrogens (tertiary/aromatic N) is 2. The number of hydrogen-bond donors (Lipinski definition) is 1. The van der Waals surface area contributed by atoms with E-state index < -0.39 is 11.9 Å². The summed E-state index contributed by atoms with van der Waals surface area (Å²) in [7, 11) is 1.82. The first-order valence-corrected chi connectivity index (χ1v) is 4.66. The van der Waals surface area contributed by atoms with Crippen molar-refractivity contribution in [1.82, 2.24) is 9.78 Å². The van der Waals surface area contributed by atoms with E-state index in [1.807, 2.05) is 33.9 Å². The number of aryl methyl sites for hydroxylation is 2. The van der Waals surface area contributed by atoms with E-state index in [0.717, 1.165) is 5.69 Å². The summed E-state index contributed by atoms with van der Waals surface area (Å²) in [5.41, 5.74) is 1.62. The summed E-state index contributed by atoms with van der Waals surface area (Å²) in [5.74, 6) is -1.25. The summed E-state index contributed by atoms with van der Waals surface area (Å²) in [5, 5.41) is 13.2. The maximum absolute atomic E-state index is 11.0. The van der Waals surface area contributed by atoms with E-state index in [2.05, 4.69) is 5.10 Å². The molecule has 1 atom stereocenters. The lowest BCUT2D eigenvalue weighted by Crippen LogP contribution is -2.18. The monoisotopic (exact) mass is 196 g/mol. The van der Waals surface area contributed by atoms with Gasteiger partial charge in [0.05, 0.1) is 5.69 Å². The van der Waals surface area contributed by atoms with E-state index in [0.29, 0.717) is 5.69 Å². The summed E-state index contributed by atoms with van der Waals surface area (Å²) >= 11 is 0. The molecule has 1 aromatic rings. The summed E-state index contributed by atoms with van der Waals surface area (Å²) in [6, 6.07) is 1.83. The summed E-state index contributed by atoms with van der Waals surface area (Å²) < 4.78 is 1.70. The lowest BCUT2D eigenvalue weighted by molar-refractivity contribution is -0.140. The highest BCUT2D eigenvalue weighted by Gasteiger charge is 2.26. The minimum atomic E-state index is -0.807. The fourth-order valence-electron chi connectivity index (χ4n) is 1.49. The highest BCUT2D eigenvalue weighted by molar-refractivity contribution is 5.75. The molecule has 0 amide bonds. The third kappa shape index (κ3) is 1.95. The maximum Gasteiger partial charge on any atom is 0.312 e. The molecule has 1 rings (SSSR count). The van der Waals surface area contributed by atoms with Crippen LogP contribution in [0.3, 0.4) is 0 Å². The molecule has 0 saturated heterocycles. The van der Waals surface area contributed by atoms with Crippen molar-refractivity contribution in [2.45, 2.75) is 26.7 Å². The standard InChI is InChI=1S/C10H16N2O2/c1-6(2)9(10(13)14)8-5-7(3)12(4)11-8/h5-6,9H,1-4H3,(H,13,14). The molecule has 14 heavy (non-hydrogen) atoms. The molecule has 0 spiro atoms. The van der Waals surface area contributed by atoms with E-state index in [1.54, 1.807) is 4.68 Å². The zero-order valence-electron chi connectivity index (χ0n) is 8.98. The van der Waals surface area contributed by atoms with E-state index in [4.69, 9.17) is 5.11 Å². The van der Waals surface area contributed by atoms with E-state index in [1.165, 1.54) is 0 Å². The molecular formula is C10H16N2O2.